The van der Waals surface area contributed by atoms with Crippen LogP contribution in [0.15, 0.2) is 23.1 Å². The Hall–Kier alpha value is -2.32. The second kappa shape index (κ2) is 12.2. The first-order chi connectivity index (χ1) is 15.8. The Morgan fingerprint density at radius 3 is 2.18 bits per heavy atom. The average Bonchev–Trinajstić information content (AvgIpc) is 3.49. The third-order valence-electron chi connectivity index (χ3n) is 5.99. The molecule has 1 aromatic carbocycles. The Bertz CT molecular complexity index is 935. The number of thioether (sulfide) groups is 1. The van der Waals surface area contributed by atoms with E-state index in [0.29, 0.717) is 45.9 Å². The predicted octanol–water partition coefficient (Wildman–Crippen LogP) is 5.80. The lowest BCUT2D eigenvalue weighted by Gasteiger charge is -2.10. The summed E-state index contributed by atoms with van der Waals surface area (Å²) in [7, 11) is 0. The minimum atomic E-state index is -0.637. The zero-order chi connectivity index (χ0) is 23.8. The van der Waals surface area contributed by atoms with Gasteiger partial charge in [-0.25, -0.2) is 0 Å². The number of carboxylic acid groups (broad SMARTS) is 1. The lowest BCUT2D eigenvalue weighted by Crippen LogP contribution is -2.17. The molecule has 0 aromatic heterocycles. The molecule has 0 atom stereocenters. The van der Waals surface area contributed by atoms with Crippen LogP contribution in [0.5, 0.6) is 5.75 Å². The first-order valence-electron chi connectivity index (χ1n) is 11.3. The molecule has 33 heavy (non-hydrogen) atoms. The predicted molar refractivity (Wildman–Crippen MR) is 127 cm³/mol. The molecule has 2 N–H and O–H groups in total. The van der Waals surface area contributed by atoms with Gasteiger partial charge in [0.2, 0.25) is 0 Å². The molecule has 0 radical (unpaired) electrons. The van der Waals surface area contributed by atoms with Crippen molar-refractivity contribution >= 4 is 52.5 Å². The molecule has 0 bridgehead atoms. The van der Waals surface area contributed by atoms with E-state index in [1.54, 1.807) is 24.3 Å². The molecule has 9 heteroatoms. The van der Waals surface area contributed by atoms with Gasteiger partial charge in [0.05, 0.1) is 9.93 Å². The number of aliphatic carboxylic acids is 1. The largest absolute Gasteiger partial charge is 0.481 e. The average molecular weight is 494 g/mol. The van der Waals surface area contributed by atoms with E-state index in [1.807, 2.05) is 0 Å². The molecule has 0 unspecified atom stereocenters. The maximum Gasteiger partial charge on any atom is 0.311 e. The second-order valence-electron chi connectivity index (χ2n) is 8.62. The summed E-state index contributed by atoms with van der Waals surface area (Å²) in [5, 5.41) is 10.5. The minimum Gasteiger partial charge on any atom is -0.481 e. The van der Waals surface area contributed by atoms with Gasteiger partial charge in [-0.15, -0.1) is 0 Å². The van der Waals surface area contributed by atoms with Crippen LogP contribution in [-0.4, -0.2) is 28.2 Å². The fourth-order valence-corrected chi connectivity index (χ4v) is 5.25. The fourth-order valence-electron chi connectivity index (χ4n) is 4.34. The molecule has 1 saturated heterocycles. The Kier molecular flexibility index (Phi) is 9.38. The van der Waals surface area contributed by atoms with E-state index in [0.717, 1.165) is 37.4 Å². The van der Waals surface area contributed by atoms with E-state index >= 15 is 0 Å². The van der Waals surface area contributed by atoms with Gasteiger partial charge in [0.1, 0.15) is 5.75 Å². The van der Waals surface area contributed by atoms with Crippen molar-refractivity contribution in [3.8, 4) is 5.75 Å². The molecule has 2 amide bonds. The van der Waals surface area contributed by atoms with Crippen molar-refractivity contribution in [2.24, 2.45) is 11.8 Å². The van der Waals surface area contributed by atoms with Crippen LogP contribution in [0.25, 0.3) is 6.08 Å². The van der Waals surface area contributed by atoms with Gasteiger partial charge in [0, 0.05) is 12.8 Å². The van der Waals surface area contributed by atoms with Gasteiger partial charge in [-0.05, 0) is 73.1 Å². The maximum atomic E-state index is 12.0. The number of esters is 1. The standard InChI is InChI=1S/C17H16ClNO4S.C7H12O2/c18-12-7-11(8-14-16(21)19-17(22)24-14)5-6-13(12)23-15(20)9-10-3-1-2-4-10;8-7(9)5-6-3-1-2-4-6/h5-8,10H,1-4,9H2,(H,19,21,22);6H,1-5H2,(H,8,9)/b14-8-;. The van der Waals surface area contributed by atoms with Gasteiger partial charge in [0.15, 0.2) is 0 Å². The number of hydrogen-bond acceptors (Lipinski definition) is 6. The number of carbonyl (C=O) groups is 4. The summed E-state index contributed by atoms with van der Waals surface area (Å²) in [6.45, 7) is 0. The number of ether oxygens (including phenoxy) is 1. The normalized spacial score (nSPS) is 20.0. The molecule has 0 spiro atoms. The van der Waals surface area contributed by atoms with Crippen molar-refractivity contribution in [3.63, 3.8) is 0 Å². The first-order valence-corrected chi connectivity index (χ1v) is 12.5. The fraction of sp³-hybridized carbons (Fsp3) is 0.500. The minimum absolute atomic E-state index is 0.272. The van der Waals surface area contributed by atoms with E-state index < -0.39 is 17.1 Å². The summed E-state index contributed by atoms with van der Waals surface area (Å²) >= 11 is 7.00. The molecule has 2 aliphatic carbocycles. The summed E-state index contributed by atoms with van der Waals surface area (Å²) in [5.74, 6) is -0.124. The highest BCUT2D eigenvalue weighted by molar-refractivity contribution is 8.18. The lowest BCUT2D eigenvalue weighted by molar-refractivity contribution is -0.138. The highest BCUT2D eigenvalue weighted by Gasteiger charge is 2.25. The van der Waals surface area contributed by atoms with E-state index in [9.17, 15) is 19.2 Å². The quantitative estimate of drug-likeness (QED) is 0.292. The molecular weight excluding hydrogens is 466 g/mol. The van der Waals surface area contributed by atoms with E-state index in [2.05, 4.69) is 5.32 Å². The number of imide groups is 1. The van der Waals surface area contributed by atoms with Crippen LogP contribution in [0.2, 0.25) is 5.02 Å². The van der Waals surface area contributed by atoms with Crippen LogP contribution < -0.4 is 10.1 Å². The molecule has 4 rings (SSSR count). The number of nitrogens with one attached hydrogen (secondary N) is 1. The van der Waals surface area contributed by atoms with Gasteiger partial charge in [0.25, 0.3) is 11.1 Å². The van der Waals surface area contributed by atoms with Crippen molar-refractivity contribution in [2.45, 2.75) is 64.2 Å². The number of halogens is 1. The third kappa shape index (κ3) is 8.19. The van der Waals surface area contributed by atoms with Crippen LogP contribution in [0, 0.1) is 11.8 Å². The Morgan fingerprint density at radius 1 is 1.06 bits per heavy atom. The number of benzene rings is 1. The van der Waals surface area contributed by atoms with Gasteiger partial charge in [-0.3, -0.25) is 24.5 Å². The maximum absolute atomic E-state index is 12.0. The summed E-state index contributed by atoms with van der Waals surface area (Å²) in [5.41, 5.74) is 0.656. The van der Waals surface area contributed by atoms with Crippen molar-refractivity contribution in [1.29, 1.82) is 0 Å². The first kappa shape index (κ1) is 25.3. The Balaban J connectivity index is 0.000000286. The Morgan fingerprint density at radius 2 is 1.67 bits per heavy atom. The molecule has 178 valence electrons. The lowest BCUT2D eigenvalue weighted by atomic mass is 10.0. The number of amides is 2. The van der Waals surface area contributed by atoms with Gasteiger partial charge < -0.3 is 9.84 Å². The zero-order valence-electron chi connectivity index (χ0n) is 18.3. The molecular formula is C24H28ClNO6S. The van der Waals surface area contributed by atoms with Crippen LogP contribution in [0.1, 0.15) is 69.8 Å². The molecule has 2 saturated carbocycles. The summed E-state index contributed by atoms with van der Waals surface area (Å²) in [4.78, 5) is 45.1. The number of carboxylic acids is 1. The summed E-state index contributed by atoms with van der Waals surface area (Å²) < 4.78 is 5.34. The molecule has 3 aliphatic rings. The van der Waals surface area contributed by atoms with Crippen molar-refractivity contribution in [1.82, 2.24) is 5.32 Å². The topological polar surface area (TPSA) is 110 Å². The van der Waals surface area contributed by atoms with Crippen molar-refractivity contribution < 1.29 is 29.0 Å². The number of hydrogen-bond donors (Lipinski definition) is 2. The van der Waals surface area contributed by atoms with E-state index in [1.165, 1.54) is 25.7 Å². The van der Waals surface area contributed by atoms with Crippen LogP contribution in [0.4, 0.5) is 4.79 Å². The SMILES string of the molecule is O=C(CC1CCCC1)Oc1ccc(/C=C2\SC(=O)NC2=O)cc1Cl.O=C(O)CC1CCCC1. The smallest absolute Gasteiger partial charge is 0.311 e. The van der Waals surface area contributed by atoms with Gasteiger partial charge in [-0.2, -0.15) is 0 Å². The Labute approximate surface area is 202 Å². The monoisotopic (exact) mass is 493 g/mol. The van der Waals surface area contributed by atoms with E-state index in [-0.39, 0.29) is 5.97 Å². The second-order valence-corrected chi connectivity index (χ2v) is 10.0. The van der Waals surface area contributed by atoms with Crippen molar-refractivity contribution in [3.05, 3.63) is 33.7 Å². The molecule has 1 aliphatic heterocycles. The highest BCUT2D eigenvalue weighted by atomic mass is 35.5. The molecule has 1 heterocycles. The van der Waals surface area contributed by atoms with Crippen molar-refractivity contribution in [2.75, 3.05) is 0 Å². The molecule has 7 nitrogen and oxygen atoms in total. The third-order valence-corrected chi connectivity index (χ3v) is 7.09. The van der Waals surface area contributed by atoms with Crippen LogP contribution in [-0.2, 0) is 14.4 Å². The zero-order valence-corrected chi connectivity index (χ0v) is 19.9. The summed E-state index contributed by atoms with van der Waals surface area (Å²) in [6.07, 6.45) is 11.6. The molecule has 3 fully saturated rings. The summed E-state index contributed by atoms with van der Waals surface area (Å²) in [6, 6.07) is 4.89. The van der Waals surface area contributed by atoms with E-state index in [4.69, 9.17) is 21.4 Å². The number of rotatable bonds is 6. The van der Waals surface area contributed by atoms with Crippen LogP contribution >= 0.6 is 23.4 Å². The van der Waals surface area contributed by atoms with Gasteiger partial charge >= 0.3 is 11.9 Å². The molecule has 1 aromatic rings. The highest BCUT2D eigenvalue weighted by Crippen LogP contribution is 2.32. The van der Waals surface area contributed by atoms with Gasteiger partial charge in [-0.1, -0.05) is 43.4 Å². The number of carbonyl (C=O) groups excluding carboxylic acids is 3. The van der Waals surface area contributed by atoms with Crippen LogP contribution in [0.3, 0.4) is 0 Å².